The molecule has 1 heterocycles. The fraction of sp³-hybridized carbons (Fsp3) is 0.632. The van der Waals surface area contributed by atoms with E-state index in [0.717, 1.165) is 24.1 Å². The van der Waals surface area contributed by atoms with Crippen LogP contribution in [-0.4, -0.2) is 22.8 Å². The van der Waals surface area contributed by atoms with Crippen LogP contribution in [0.2, 0.25) is 0 Å². The summed E-state index contributed by atoms with van der Waals surface area (Å²) < 4.78 is 0. The summed E-state index contributed by atoms with van der Waals surface area (Å²) in [6.07, 6.45) is 3.54. The van der Waals surface area contributed by atoms with E-state index in [1.54, 1.807) is 0 Å². The third-order valence-electron chi connectivity index (χ3n) is 4.91. The SMILES string of the molecule is Cc1cc(C)c(CNC(=O)C2(CC(=O)NC(C)C)CCCC2)c(=O)[nH]1. The molecule has 1 aliphatic carbocycles. The van der Waals surface area contributed by atoms with E-state index in [4.69, 9.17) is 0 Å². The lowest BCUT2D eigenvalue weighted by Gasteiger charge is -2.27. The number of aryl methyl sites for hydroxylation is 2. The van der Waals surface area contributed by atoms with Gasteiger partial charge in [0.15, 0.2) is 0 Å². The first kappa shape index (κ1) is 19.2. The van der Waals surface area contributed by atoms with E-state index in [-0.39, 0.29) is 36.4 Å². The molecule has 1 aliphatic rings. The number of carbonyl (C=O) groups is 2. The van der Waals surface area contributed by atoms with E-state index < -0.39 is 5.41 Å². The average Bonchev–Trinajstić information content (AvgIpc) is 2.94. The first-order chi connectivity index (χ1) is 11.7. The second-order valence-electron chi connectivity index (χ2n) is 7.51. The summed E-state index contributed by atoms with van der Waals surface area (Å²) in [5, 5.41) is 5.78. The minimum atomic E-state index is -0.648. The topological polar surface area (TPSA) is 91.1 Å². The van der Waals surface area contributed by atoms with Gasteiger partial charge < -0.3 is 15.6 Å². The summed E-state index contributed by atoms with van der Waals surface area (Å²) in [4.78, 5) is 39.9. The Hall–Kier alpha value is -2.11. The first-order valence-corrected chi connectivity index (χ1v) is 9.00. The molecule has 0 atom stereocenters. The van der Waals surface area contributed by atoms with Crippen molar-refractivity contribution in [2.45, 2.75) is 72.4 Å². The number of carbonyl (C=O) groups excluding carboxylic acids is 2. The van der Waals surface area contributed by atoms with Gasteiger partial charge in [-0.3, -0.25) is 14.4 Å². The van der Waals surface area contributed by atoms with Gasteiger partial charge in [-0.05, 0) is 52.2 Å². The molecule has 138 valence electrons. The van der Waals surface area contributed by atoms with Crippen LogP contribution in [0.25, 0.3) is 0 Å². The van der Waals surface area contributed by atoms with Crippen molar-refractivity contribution >= 4 is 11.8 Å². The molecular formula is C19H29N3O3. The molecule has 1 aromatic rings. The molecule has 6 heteroatoms. The highest BCUT2D eigenvalue weighted by atomic mass is 16.2. The first-order valence-electron chi connectivity index (χ1n) is 9.00. The van der Waals surface area contributed by atoms with E-state index in [1.165, 1.54) is 0 Å². The van der Waals surface area contributed by atoms with E-state index in [2.05, 4.69) is 15.6 Å². The van der Waals surface area contributed by atoms with Gasteiger partial charge in [-0.15, -0.1) is 0 Å². The van der Waals surface area contributed by atoms with Crippen molar-refractivity contribution in [1.82, 2.24) is 15.6 Å². The van der Waals surface area contributed by atoms with Gasteiger partial charge in [0.2, 0.25) is 11.8 Å². The van der Waals surface area contributed by atoms with Crippen molar-refractivity contribution in [1.29, 1.82) is 0 Å². The Morgan fingerprint density at radius 1 is 1.24 bits per heavy atom. The Morgan fingerprint density at radius 3 is 2.44 bits per heavy atom. The van der Waals surface area contributed by atoms with Gasteiger partial charge in [0.1, 0.15) is 0 Å². The van der Waals surface area contributed by atoms with Gasteiger partial charge in [0.25, 0.3) is 5.56 Å². The molecule has 0 aliphatic heterocycles. The Labute approximate surface area is 148 Å². The minimum Gasteiger partial charge on any atom is -0.354 e. The van der Waals surface area contributed by atoms with Crippen LogP contribution in [0.5, 0.6) is 0 Å². The van der Waals surface area contributed by atoms with E-state index in [9.17, 15) is 14.4 Å². The zero-order chi connectivity index (χ0) is 18.6. The average molecular weight is 347 g/mol. The Balaban J connectivity index is 2.09. The normalized spacial score (nSPS) is 16.0. The van der Waals surface area contributed by atoms with Crippen LogP contribution in [0.4, 0.5) is 0 Å². The number of pyridine rings is 1. The molecule has 0 radical (unpaired) electrons. The van der Waals surface area contributed by atoms with Crippen LogP contribution in [0, 0.1) is 19.3 Å². The molecule has 1 aromatic heterocycles. The van der Waals surface area contributed by atoms with Crippen molar-refractivity contribution in [3.05, 3.63) is 33.2 Å². The molecule has 1 saturated carbocycles. The van der Waals surface area contributed by atoms with Gasteiger partial charge in [-0.1, -0.05) is 12.8 Å². The summed E-state index contributed by atoms with van der Waals surface area (Å²) in [6, 6.07) is 1.95. The van der Waals surface area contributed by atoms with Crippen LogP contribution in [-0.2, 0) is 16.1 Å². The predicted molar refractivity (Wildman–Crippen MR) is 97.2 cm³/mol. The van der Waals surface area contributed by atoms with Crippen molar-refractivity contribution in [2.75, 3.05) is 0 Å². The van der Waals surface area contributed by atoms with E-state index in [1.807, 2.05) is 33.8 Å². The molecule has 6 nitrogen and oxygen atoms in total. The monoisotopic (exact) mass is 347 g/mol. The van der Waals surface area contributed by atoms with Crippen molar-refractivity contribution < 1.29 is 9.59 Å². The largest absolute Gasteiger partial charge is 0.354 e. The summed E-state index contributed by atoms with van der Waals surface area (Å²) in [7, 11) is 0. The molecule has 0 spiro atoms. The number of H-pyrrole nitrogens is 1. The summed E-state index contributed by atoms with van der Waals surface area (Å²) in [5.74, 6) is -0.209. The highest BCUT2D eigenvalue weighted by molar-refractivity contribution is 5.89. The fourth-order valence-electron chi connectivity index (χ4n) is 3.67. The van der Waals surface area contributed by atoms with E-state index in [0.29, 0.717) is 18.4 Å². The third-order valence-corrected chi connectivity index (χ3v) is 4.91. The lowest BCUT2D eigenvalue weighted by atomic mass is 9.81. The zero-order valence-electron chi connectivity index (χ0n) is 15.6. The van der Waals surface area contributed by atoms with Crippen LogP contribution < -0.4 is 16.2 Å². The van der Waals surface area contributed by atoms with Crippen molar-refractivity contribution in [3.8, 4) is 0 Å². The number of aromatic nitrogens is 1. The van der Waals surface area contributed by atoms with Crippen LogP contribution in [0.3, 0.4) is 0 Å². The predicted octanol–water partition coefficient (Wildman–Crippen LogP) is 2.08. The van der Waals surface area contributed by atoms with Gasteiger partial charge >= 0.3 is 0 Å². The zero-order valence-corrected chi connectivity index (χ0v) is 15.6. The molecule has 0 saturated heterocycles. The van der Waals surface area contributed by atoms with Gasteiger partial charge in [0, 0.05) is 30.3 Å². The Bertz CT molecular complexity index is 700. The molecule has 3 N–H and O–H groups in total. The van der Waals surface area contributed by atoms with Gasteiger partial charge in [-0.2, -0.15) is 0 Å². The Kier molecular flexibility index (Phi) is 6.03. The fourth-order valence-corrected chi connectivity index (χ4v) is 3.67. The molecule has 0 unspecified atom stereocenters. The summed E-state index contributed by atoms with van der Waals surface area (Å²) in [5.41, 5.74) is 1.41. The van der Waals surface area contributed by atoms with Crippen molar-refractivity contribution in [3.63, 3.8) is 0 Å². The maximum atomic E-state index is 12.8. The van der Waals surface area contributed by atoms with E-state index >= 15 is 0 Å². The molecule has 1 fully saturated rings. The Morgan fingerprint density at radius 2 is 1.88 bits per heavy atom. The quantitative estimate of drug-likeness (QED) is 0.736. The second-order valence-corrected chi connectivity index (χ2v) is 7.51. The van der Waals surface area contributed by atoms with Crippen LogP contribution in [0.1, 0.15) is 62.8 Å². The standard InChI is InChI=1S/C19H29N3O3/c1-12(2)21-16(23)10-19(7-5-6-8-19)18(25)20-11-15-13(3)9-14(4)22-17(15)24/h9,12H,5-8,10-11H2,1-4H3,(H,20,25)(H,21,23)(H,22,24). The number of hydrogen-bond acceptors (Lipinski definition) is 3. The molecule has 2 amide bonds. The lowest BCUT2D eigenvalue weighted by molar-refractivity contribution is -0.136. The molecule has 2 rings (SSSR count). The maximum absolute atomic E-state index is 12.8. The van der Waals surface area contributed by atoms with Crippen LogP contribution in [0.15, 0.2) is 10.9 Å². The smallest absolute Gasteiger partial charge is 0.253 e. The number of amides is 2. The molecule has 25 heavy (non-hydrogen) atoms. The lowest BCUT2D eigenvalue weighted by Crippen LogP contribution is -2.44. The number of aromatic amines is 1. The summed E-state index contributed by atoms with van der Waals surface area (Å²) >= 11 is 0. The maximum Gasteiger partial charge on any atom is 0.253 e. The summed E-state index contributed by atoms with van der Waals surface area (Å²) in [6.45, 7) is 7.70. The number of rotatable bonds is 6. The van der Waals surface area contributed by atoms with Gasteiger partial charge in [0.05, 0.1) is 5.41 Å². The van der Waals surface area contributed by atoms with Gasteiger partial charge in [-0.25, -0.2) is 0 Å². The highest BCUT2D eigenvalue weighted by Crippen LogP contribution is 2.41. The molecule has 0 bridgehead atoms. The number of nitrogens with one attached hydrogen (secondary N) is 3. The molecule has 0 aromatic carbocycles. The second kappa shape index (κ2) is 7.85. The van der Waals surface area contributed by atoms with Crippen molar-refractivity contribution in [2.24, 2.45) is 5.41 Å². The number of hydrogen-bond donors (Lipinski definition) is 3. The molecular weight excluding hydrogens is 318 g/mol. The highest BCUT2D eigenvalue weighted by Gasteiger charge is 2.42. The van der Waals surface area contributed by atoms with Crippen LogP contribution >= 0.6 is 0 Å². The minimum absolute atomic E-state index is 0.0581. The third kappa shape index (κ3) is 4.71.